The second kappa shape index (κ2) is 3.03. The number of benzene rings is 1. The summed E-state index contributed by atoms with van der Waals surface area (Å²) in [7, 11) is 0. The molecule has 0 atom stereocenters. The van der Waals surface area contributed by atoms with Crippen molar-refractivity contribution < 1.29 is 0 Å². The Hall–Kier alpha value is -0.220. The van der Waals surface area contributed by atoms with E-state index in [1.165, 1.54) is 3.57 Å². The van der Waals surface area contributed by atoms with Crippen molar-refractivity contribution >= 4 is 48.2 Å². The lowest BCUT2D eigenvalue weighted by molar-refractivity contribution is 1.51. The van der Waals surface area contributed by atoms with Gasteiger partial charge in [0.25, 0.3) is 0 Å². The summed E-state index contributed by atoms with van der Waals surface area (Å²) >= 11 is 5.85. The molecule has 0 aliphatic carbocycles. The van der Waals surface area contributed by atoms with E-state index >= 15 is 0 Å². The van der Waals surface area contributed by atoms with Crippen molar-refractivity contribution in [1.82, 2.24) is 0 Å². The molecule has 0 saturated heterocycles. The smallest absolute Gasteiger partial charge is 0.0774 e. The fourth-order valence-corrected chi connectivity index (χ4v) is 2.76. The van der Waals surface area contributed by atoms with E-state index in [1.54, 1.807) is 0 Å². The predicted octanol–water partition coefficient (Wildman–Crippen LogP) is 3.00. The molecule has 11 heavy (non-hydrogen) atoms. The maximum Gasteiger partial charge on any atom is 0.0774 e. The molecule has 1 nitrogen and oxygen atoms in total. The molecule has 0 fully saturated rings. The van der Waals surface area contributed by atoms with E-state index in [1.807, 2.05) is 18.3 Å². The lowest BCUT2D eigenvalue weighted by Crippen LogP contribution is -1.82. The van der Waals surface area contributed by atoms with Gasteiger partial charge in [-0.3, -0.25) is 4.99 Å². The Balaban J connectivity index is 2.63. The van der Waals surface area contributed by atoms with Gasteiger partial charge in [0.1, 0.15) is 0 Å². The molecular formula is C8H5ClIN. The molecule has 1 aliphatic rings. The first-order valence-electron chi connectivity index (χ1n) is 3.15. The number of halogens is 2. The van der Waals surface area contributed by atoms with Crippen LogP contribution in [0, 0.1) is 3.57 Å². The van der Waals surface area contributed by atoms with Crippen LogP contribution in [0.15, 0.2) is 23.2 Å². The summed E-state index contributed by atoms with van der Waals surface area (Å²) in [6.07, 6.45) is 1.87. The van der Waals surface area contributed by atoms with Gasteiger partial charge in [0, 0.05) is 14.8 Å². The van der Waals surface area contributed by atoms with Gasteiger partial charge in [0.05, 0.1) is 5.69 Å². The summed E-state index contributed by atoms with van der Waals surface area (Å²) < 4.78 is 3.51. The van der Waals surface area contributed by atoms with Crippen LogP contribution >= 0.6 is 32.3 Å². The molecule has 0 radical (unpaired) electrons. The monoisotopic (exact) mass is 277 g/mol. The Kier molecular flexibility index (Phi) is 2.05. The van der Waals surface area contributed by atoms with Crippen LogP contribution in [0.4, 0.5) is 5.69 Å². The van der Waals surface area contributed by atoms with Crippen LogP contribution in [0.25, 0.3) is 0 Å². The van der Waals surface area contributed by atoms with Crippen molar-refractivity contribution in [3.8, 4) is 0 Å². The van der Waals surface area contributed by atoms with Crippen molar-refractivity contribution in [3.05, 3.63) is 26.8 Å². The molecule has 1 aromatic rings. The molecule has 1 aromatic carbocycles. The molecule has 0 N–H and O–H groups in total. The normalized spacial score (nSPS) is 13.9. The Morgan fingerprint density at radius 3 is 3.18 bits per heavy atom. The van der Waals surface area contributed by atoms with E-state index in [2.05, 4.69) is 15.1 Å². The highest BCUT2D eigenvalue weighted by Crippen LogP contribution is 2.29. The van der Waals surface area contributed by atoms with Gasteiger partial charge in [-0.05, 0) is 22.2 Å². The zero-order valence-electron chi connectivity index (χ0n) is 5.59. The summed E-state index contributed by atoms with van der Waals surface area (Å²) in [5.74, 6) is 0. The molecule has 0 spiro atoms. The quantitative estimate of drug-likeness (QED) is 0.647. The first-order chi connectivity index (χ1) is 5.36. The van der Waals surface area contributed by atoms with E-state index in [4.69, 9.17) is 11.6 Å². The first kappa shape index (κ1) is 7.43. The van der Waals surface area contributed by atoms with Crippen molar-refractivity contribution in [1.29, 1.82) is 0 Å². The topological polar surface area (TPSA) is 12.4 Å². The van der Waals surface area contributed by atoms with E-state index in [0.717, 1.165) is 10.7 Å². The Morgan fingerprint density at radius 2 is 2.27 bits per heavy atom. The molecule has 0 bridgehead atoms. The number of fused-ring (bicyclic) bond motifs is 1. The Bertz CT molecular complexity index is 344. The SMILES string of the molecule is Clc1ccc2c(c1)N=CC=I2. The molecule has 0 saturated carbocycles. The first-order valence-corrected chi connectivity index (χ1v) is 5.85. The average molecular weight is 277 g/mol. The van der Waals surface area contributed by atoms with Gasteiger partial charge in [-0.1, -0.05) is 32.3 Å². The third-order valence-corrected chi connectivity index (χ3v) is 3.86. The summed E-state index contributed by atoms with van der Waals surface area (Å²) in [6.45, 7) is 0. The molecule has 1 heterocycles. The lowest BCUT2D eigenvalue weighted by atomic mass is 10.3. The molecule has 1 aliphatic heterocycles. The average Bonchev–Trinajstić information content (AvgIpc) is 2.04. The van der Waals surface area contributed by atoms with Gasteiger partial charge in [-0.25, -0.2) is 0 Å². The number of hydrogen-bond donors (Lipinski definition) is 0. The fourth-order valence-electron chi connectivity index (χ4n) is 0.882. The Morgan fingerprint density at radius 1 is 1.36 bits per heavy atom. The highest BCUT2D eigenvalue weighted by atomic mass is 127. The molecule has 0 unspecified atom stereocenters. The second-order valence-corrected chi connectivity index (χ2v) is 5.05. The van der Waals surface area contributed by atoms with Crippen molar-refractivity contribution in [2.75, 3.05) is 0 Å². The van der Waals surface area contributed by atoms with E-state index in [0.29, 0.717) is 0 Å². The summed E-state index contributed by atoms with van der Waals surface area (Å²) in [4.78, 5) is 4.22. The fraction of sp³-hybridized carbons (Fsp3) is 0. The highest BCUT2D eigenvalue weighted by molar-refractivity contribution is 14.2. The van der Waals surface area contributed by atoms with Gasteiger partial charge in [-0.2, -0.15) is 0 Å². The third-order valence-electron chi connectivity index (χ3n) is 1.36. The van der Waals surface area contributed by atoms with Gasteiger partial charge >= 0.3 is 0 Å². The zero-order chi connectivity index (χ0) is 7.68. The highest BCUT2D eigenvalue weighted by Gasteiger charge is 2.00. The molecule has 56 valence electrons. The van der Waals surface area contributed by atoms with Crippen LogP contribution in [0.5, 0.6) is 0 Å². The van der Waals surface area contributed by atoms with Crippen molar-refractivity contribution in [2.45, 2.75) is 0 Å². The van der Waals surface area contributed by atoms with Crippen LogP contribution in [0.3, 0.4) is 0 Å². The van der Waals surface area contributed by atoms with Crippen LogP contribution in [0.2, 0.25) is 5.02 Å². The third kappa shape index (κ3) is 1.51. The number of hydrogen-bond acceptors (Lipinski definition) is 1. The van der Waals surface area contributed by atoms with E-state index < -0.39 is 0 Å². The summed E-state index contributed by atoms with van der Waals surface area (Å²) in [5, 5.41) is 0.770. The minimum Gasteiger partial charge on any atom is -0.255 e. The van der Waals surface area contributed by atoms with E-state index in [-0.39, 0.29) is 20.7 Å². The minimum absolute atomic E-state index is 0.0493. The molecular weight excluding hydrogens is 272 g/mol. The molecule has 0 amide bonds. The van der Waals surface area contributed by atoms with Crippen molar-refractivity contribution in [3.63, 3.8) is 0 Å². The maximum absolute atomic E-state index is 5.80. The number of rotatable bonds is 0. The summed E-state index contributed by atoms with van der Waals surface area (Å²) in [5.41, 5.74) is 1.05. The standard InChI is InChI=1S/C8H5ClIN/c9-6-1-2-7-8(5-6)11-4-3-10-7/h1-5H. The van der Waals surface area contributed by atoms with Gasteiger partial charge < -0.3 is 0 Å². The number of aliphatic imine (C=N–C) groups is 1. The minimum atomic E-state index is 0.0493. The van der Waals surface area contributed by atoms with Gasteiger partial charge in [-0.15, -0.1) is 0 Å². The van der Waals surface area contributed by atoms with Gasteiger partial charge in [0.15, 0.2) is 0 Å². The molecule has 3 heteroatoms. The second-order valence-electron chi connectivity index (χ2n) is 2.11. The van der Waals surface area contributed by atoms with Crippen LogP contribution < -0.4 is 0 Å². The largest absolute Gasteiger partial charge is 0.255 e. The van der Waals surface area contributed by atoms with Gasteiger partial charge in [0.2, 0.25) is 0 Å². The molecule has 0 aromatic heterocycles. The predicted molar refractivity (Wildman–Crippen MR) is 58.4 cm³/mol. The zero-order valence-corrected chi connectivity index (χ0v) is 8.50. The van der Waals surface area contributed by atoms with Crippen LogP contribution in [-0.4, -0.2) is 10.2 Å². The maximum atomic E-state index is 5.80. The molecule has 2 rings (SSSR count). The summed E-state index contributed by atoms with van der Waals surface area (Å²) in [6, 6.07) is 5.91. The number of nitrogens with zero attached hydrogens (tertiary/aromatic N) is 1. The van der Waals surface area contributed by atoms with Crippen LogP contribution in [0.1, 0.15) is 0 Å². The Labute approximate surface area is 79.8 Å². The van der Waals surface area contributed by atoms with Crippen molar-refractivity contribution in [2.24, 2.45) is 4.99 Å². The van der Waals surface area contributed by atoms with Crippen LogP contribution in [-0.2, 0) is 0 Å². The van der Waals surface area contributed by atoms with E-state index in [9.17, 15) is 0 Å². The lowest BCUT2D eigenvalue weighted by Gasteiger charge is -2.02.